The molecule has 0 saturated carbocycles. The maximum atomic E-state index is 11.1. The van der Waals surface area contributed by atoms with Gasteiger partial charge in [0.05, 0.1) is 0 Å². The van der Waals surface area contributed by atoms with Gasteiger partial charge in [0, 0.05) is 6.42 Å². The number of allylic oxidation sites excluding steroid dienone is 2. The van der Waals surface area contributed by atoms with E-state index in [0.29, 0.717) is 0 Å². The quantitative estimate of drug-likeness (QED) is 0.438. The van der Waals surface area contributed by atoms with Crippen molar-refractivity contribution in [1.29, 1.82) is 0 Å². The van der Waals surface area contributed by atoms with Crippen LogP contribution in [-0.2, 0) is 4.79 Å². The summed E-state index contributed by atoms with van der Waals surface area (Å²) < 4.78 is 0. The van der Waals surface area contributed by atoms with Crippen LogP contribution in [0.2, 0.25) is 0 Å². The Morgan fingerprint density at radius 2 is 1.83 bits per heavy atom. The van der Waals surface area contributed by atoms with E-state index in [0.717, 1.165) is 18.4 Å². The highest BCUT2D eigenvalue weighted by Crippen LogP contribution is 2.04. The van der Waals surface area contributed by atoms with E-state index in [1.165, 1.54) is 19.3 Å². The number of ketones is 1. The molecule has 0 atom stereocenters. The lowest BCUT2D eigenvalue weighted by Crippen LogP contribution is -1.93. The molecule has 0 aromatic carbocycles. The zero-order chi connectivity index (χ0) is 9.40. The van der Waals surface area contributed by atoms with Gasteiger partial charge in [-0.25, -0.2) is 0 Å². The van der Waals surface area contributed by atoms with Gasteiger partial charge in [-0.3, -0.25) is 4.79 Å². The standard InChI is InChI=1S/C11H20O/c1-4-5-6-7-8-11(12)9-10(2)3/h9H,4-8H2,1-3H3. The van der Waals surface area contributed by atoms with Crippen molar-refractivity contribution in [3.8, 4) is 0 Å². The van der Waals surface area contributed by atoms with Crippen molar-refractivity contribution in [3.63, 3.8) is 0 Å². The minimum Gasteiger partial charge on any atom is -0.295 e. The highest BCUT2D eigenvalue weighted by Gasteiger charge is 1.96. The van der Waals surface area contributed by atoms with Gasteiger partial charge in [0.2, 0.25) is 0 Å². The first-order valence-electron chi connectivity index (χ1n) is 4.84. The minimum absolute atomic E-state index is 0.283. The highest BCUT2D eigenvalue weighted by molar-refractivity contribution is 5.90. The van der Waals surface area contributed by atoms with Crippen LogP contribution in [0.25, 0.3) is 0 Å². The fourth-order valence-electron chi connectivity index (χ4n) is 1.12. The number of rotatable bonds is 6. The van der Waals surface area contributed by atoms with E-state index in [1.807, 2.05) is 13.8 Å². The Kier molecular flexibility index (Phi) is 6.73. The van der Waals surface area contributed by atoms with Gasteiger partial charge in [-0.05, 0) is 26.3 Å². The van der Waals surface area contributed by atoms with Crippen LogP contribution in [0.5, 0.6) is 0 Å². The van der Waals surface area contributed by atoms with Gasteiger partial charge in [0.25, 0.3) is 0 Å². The van der Waals surface area contributed by atoms with E-state index in [1.54, 1.807) is 6.08 Å². The number of carbonyl (C=O) groups is 1. The summed E-state index contributed by atoms with van der Waals surface area (Å²) in [6, 6.07) is 0. The molecule has 0 aromatic rings. The molecule has 0 N–H and O–H groups in total. The first-order chi connectivity index (χ1) is 5.66. The summed E-state index contributed by atoms with van der Waals surface area (Å²) in [6.07, 6.45) is 7.20. The SMILES string of the molecule is CCCCCCC(=O)C=C(C)C. The molecule has 0 rings (SSSR count). The third kappa shape index (κ3) is 7.52. The lowest BCUT2D eigenvalue weighted by molar-refractivity contribution is -0.114. The molecule has 70 valence electrons. The van der Waals surface area contributed by atoms with E-state index in [9.17, 15) is 4.79 Å². The van der Waals surface area contributed by atoms with Crippen molar-refractivity contribution >= 4 is 5.78 Å². The molecule has 0 bridgehead atoms. The Morgan fingerprint density at radius 3 is 2.33 bits per heavy atom. The maximum Gasteiger partial charge on any atom is 0.155 e. The fraction of sp³-hybridized carbons (Fsp3) is 0.727. The van der Waals surface area contributed by atoms with Crippen molar-refractivity contribution in [1.82, 2.24) is 0 Å². The summed E-state index contributed by atoms with van der Waals surface area (Å²) in [5, 5.41) is 0. The van der Waals surface area contributed by atoms with Crippen LogP contribution >= 0.6 is 0 Å². The van der Waals surface area contributed by atoms with Crippen molar-refractivity contribution in [3.05, 3.63) is 11.6 Å². The molecule has 0 spiro atoms. The summed E-state index contributed by atoms with van der Waals surface area (Å²) in [5.41, 5.74) is 1.11. The van der Waals surface area contributed by atoms with E-state index in [2.05, 4.69) is 6.92 Å². The first-order valence-corrected chi connectivity index (χ1v) is 4.84. The monoisotopic (exact) mass is 168 g/mol. The molecule has 0 aliphatic rings. The van der Waals surface area contributed by atoms with Crippen LogP contribution in [0.15, 0.2) is 11.6 Å². The van der Waals surface area contributed by atoms with Crippen LogP contribution in [0, 0.1) is 0 Å². The zero-order valence-corrected chi connectivity index (χ0v) is 8.52. The Morgan fingerprint density at radius 1 is 1.17 bits per heavy atom. The van der Waals surface area contributed by atoms with Gasteiger partial charge in [0.1, 0.15) is 0 Å². The first kappa shape index (κ1) is 11.4. The molecule has 0 heterocycles. The predicted molar refractivity (Wildman–Crippen MR) is 53.2 cm³/mol. The Balaban J connectivity index is 3.39. The molecule has 0 unspecified atom stereocenters. The van der Waals surface area contributed by atoms with Crippen molar-refractivity contribution in [2.75, 3.05) is 0 Å². The summed E-state index contributed by atoms with van der Waals surface area (Å²) in [5.74, 6) is 0.283. The van der Waals surface area contributed by atoms with Crippen LogP contribution in [0.3, 0.4) is 0 Å². The average molecular weight is 168 g/mol. The average Bonchev–Trinajstić information content (AvgIpc) is 1.97. The summed E-state index contributed by atoms with van der Waals surface area (Å²) in [7, 11) is 0. The molecule has 0 aliphatic carbocycles. The van der Waals surface area contributed by atoms with Crippen molar-refractivity contribution < 1.29 is 4.79 Å². The summed E-state index contributed by atoms with van der Waals surface area (Å²) >= 11 is 0. The minimum atomic E-state index is 0.283. The lowest BCUT2D eigenvalue weighted by atomic mass is 10.1. The van der Waals surface area contributed by atoms with Crippen molar-refractivity contribution in [2.45, 2.75) is 52.9 Å². The topological polar surface area (TPSA) is 17.1 Å². The van der Waals surface area contributed by atoms with Gasteiger partial charge in [0.15, 0.2) is 5.78 Å². The third-order valence-electron chi connectivity index (χ3n) is 1.73. The molecule has 12 heavy (non-hydrogen) atoms. The Labute approximate surface area is 75.9 Å². The maximum absolute atomic E-state index is 11.1. The number of hydrogen-bond acceptors (Lipinski definition) is 1. The number of hydrogen-bond donors (Lipinski definition) is 0. The molecule has 0 aliphatic heterocycles. The molecule has 0 amide bonds. The highest BCUT2D eigenvalue weighted by atomic mass is 16.1. The van der Waals surface area contributed by atoms with E-state index in [-0.39, 0.29) is 5.78 Å². The van der Waals surface area contributed by atoms with Gasteiger partial charge in [-0.2, -0.15) is 0 Å². The summed E-state index contributed by atoms with van der Waals surface area (Å²) in [6.45, 7) is 6.10. The normalized spacial score (nSPS) is 9.58. The van der Waals surface area contributed by atoms with Gasteiger partial charge < -0.3 is 0 Å². The second kappa shape index (κ2) is 7.08. The van der Waals surface area contributed by atoms with E-state index < -0.39 is 0 Å². The molecule has 0 saturated heterocycles. The molecule has 1 nitrogen and oxygen atoms in total. The predicted octanol–water partition coefficient (Wildman–Crippen LogP) is 3.49. The Hall–Kier alpha value is -0.590. The van der Waals surface area contributed by atoms with Gasteiger partial charge in [-0.15, -0.1) is 0 Å². The second-order valence-electron chi connectivity index (χ2n) is 3.50. The van der Waals surface area contributed by atoms with E-state index in [4.69, 9.17) is 0 Å². The Bertz CT molecular complexity index is 152. The number of carbonyl (C=O) groups excluding carboxylic acids is 1. The molecule has 0 fully saturated rings. The second-order valence-corrected chi connectivity index (χ2v) is 3.50. The largest absolute Gasteiger partial charge is 0.295 e. The van der Waals surface area contributed by atoms with Crippen LogP contribution < -0.4 is 0 Å². The molecular weight excluding hydrogens is 148 g/mol. The van der Waals surface area contributed by atoms with E-state index >= 15 is 0 Å². The van der Waals surface area contributed by atoms with Gasteiger partial charge >= 0.3 is 0 Å². The van der Waals surface area contributed by atoms with Crippen LogP contribution in [0.4, 0.5) is 0 Å². The summed E-state index contributed by atoms with van der Waals surface area (Å²) in [4.78, 5) is 11.1. The lowest BCUT2D eigenvalue weighted by Gasteiger charge is -1.96. The molecule has 0 radical (unpaired) electrons. The van der Waals surface area contributed by atoms with Gasteiger partial charge in [-0.1, -0.05) is 31.8 Å². The smallest absolute Gasteiger partial charge is 0.155 e. The van der Waals surface area contributed by atoms with Crippen LogP contribution in [0.1, 0.15) is 52.9 Å². The molecule has 0 aromatic heterocycles. The fourth-order valence-corrected chi connectivity index (χ4v) is 1.12. The van der Waals surface area contributed by atoms with Crippen molar-refractivity contribution in [2.24, 2.45) is 0 Å². The number of unbranched alkanes of at least 4 members (excludes halogenated alkanes) is 3. The molecule has 1 heteroatoms. The van der Waals surface area contributed by atoms with Crippen LogP contribution in [-0.4, -0.2) is 5.78 Å². The molecular formula is C11H20O. The zero-order valence-electron chi connectivity index (χ0n) is 8.52. The third-order valence-corrected chi connectivity index (χ3v) is 1.73.